The Bertz CT molecular complexity index is 1000. The average Bonchev–Trinajstić information content (AvgIpc) is 3.29. The van der Waals surface area contributed by atoms with Crippen molar-refractivity contribution >= 4 is 15.7 Å². The van der Waals surface area contributed by atoms with Crippen LogP contribution in [0.15, 0.2) is 24.3 Å². The maximum Gasteiger partial charge on any atom is 0.274 e. The van der Waals surface area contributed by atoms with Crippen LogP contribution in [-0.4, -0.2) is 78.6 Å². The molecule has 0 saturated carbocycles. The fourth-order valence-electron chi connectivity index (χ4n) is 4.13. The molecule has 29 heavy (non-hydrogen) atoms. The molecule has 1 amide bonds. The molecule has 1 aromatic carbocycles. The Morgan fingerprint density at radius 2 is 1.76 bits per heavy atom. The summed E-state index contributed by atoms with van der Waals surface area (Å²) in [4.78, 5) is 17.2. The monoisotopic (exact) mass is 416 g/mol. The van der Waals surface area contributed by atoms with Crippen LogP contribution in [0.3, 0.4) is 0 Å². The maximum atomic E-state index is 13.2. The van der Waals surface area contributed by atoms with E-state index >= 15 is 0 Å². The van der Waals surface area contributed by atoms with Crippen molar-refractivity contribution in [2.45, 2.75) is 26.2 Å². The number of carbonyl (C=O) groups excluding carboxylic acids is 1. The Morgan fingerprint density at radius 1 is 1.07 bits per heavy atom. The molecular formula is C21H28N4O3S. The van der Waals surface area contributed by atoms with Crippen molar-refractivity contribution in [1.29, 1.82) is 0 Å². The summed E-state index contributed by atoms with van der Waals surface area (Å²) >= 11 is 0. The predicted molar refractivity (Wildman–Crippen MR) is 112 cm³/mol. The molecule has 1 aliphatic heterocycles. The number of nitrogens with zero attached hydrogens (tertiary/aromatic N) is 4. The summed E-state index contributed by atoms with van der Waals surface area (Å²) in [7, 11) is -2.96. The maximum absolute atomic E-state index is 13.2. The van der Waals surface area contributed by atoms with Gasteiger partial charge in [-0.1, -0.05) is 17.7 Å². The summed E-state index contributed by atoms with van der Waals surface area (Å²) in [6.07, 6.45) is 4.16. The summed E-state index contributed by atoms with van der Waals surface area (Å²) in [5.74, 6) is 0.159. The summed E-state index contributed by atoms with van der Waals surface area (Å²) in [6, 6.07) is 8.23. The second-order valence-corrected chi connectivity index (χ2v) is 10.4. The van der Waals surface area contributed by atoms with Gasteiger partial charge in [-0.2, -0.15) is 5.10 Å². The topological polar surface area (TPSA) is 75.5 Å². The van der Waals surface area contributed by atoms with Gasteiger partial charge in [0.2, 0.25) is 0 Å². The summed E-state index contributed by atoms with van der Waals surface area (Å²) < 4.78 is 24.7. The zero-order chi connectivity index (χ0) is 20.6. The second kappa shape index (κ2) is 7.91. The molecule has 0 bridgehead atoms. The lowest BCUT2D eigenvalue weighted by Gasteiger charge is -2.34. The molecule has 0 unspecified atom stereocenters. The van der Waals surface area contributed by atoms with E-state index < -0.39 is 9.84 Å². The van der Waals surface area contributed by atoms with Crippen molar-refractivity contribution in [2.24, 2.45) is 0 Å². The number of hydrogen-bond acceptors (Lipinski definition) is 5. The number of rotatable bonds is 5. The highest BCUT2D eigenvalue weighted by Gasteiger charge is 2.31. The van der Waals surface area contributed by atoms with Gasteiger partial charge in [-0.3, -0.25) is 9.69 Å². The van der Waals surface area contributed by atoms with E-state index in [0.29, 0.717) is 38.4 Å². The molecule has 1 aliphatic carbocycles. The number of hydrogen-bond donors (Lipinski definition) is 0. The molecule has 8 heteroatoms. The molecule has 2 aliphatic rings. The van der Waals surface area contributed by atoms with Crippen molar-refractivity contribution < 1.29 is 13.2 Å². The molecule has 156 valence electrons. The van der Waals surface area contributed by atoms with Gasteiger partial charge < -0.3 is 4.90 Å². The van der Waals surface area contributed by atoms with Crippen molar-refractivity contribution in [3.05, 3.63) is 46.8 Å². The van der Waals surface area contributed by atoms with Crippen molar-refractivity contribution in [2.75, 3.05) is 44.7 Å². The minimum absolute atomic E-state index is 0.00299. The van der Waals surface area contributed by atoms with Gasteiger partial charge in [0, 0.05) is 50.2 Å². The van der Waals surface area contributed by atoms with Crippen molar-refractivity contribution in [3.8, 4) is 5.69 Å². The lowest BCUT2D eigenvalue weighted by atomic mass is 10.1. The number of aryl methyl sites for hydroxylation is 1. The summed E-state index contributed by atoms with van der Waals surface area (Å²) in [5.41, 5.74) is 5.03. The summed E-state index contributed by atoms with van der Waals surface area (Å²) in [6.45, 7) is 5.19. The van der Waals surface area contributed by atoms with E-state index in [1.165, 1.54) is 11.8 Å². The highest BCUT2D eigenvalue weighted by Crippen LogP contribution is 2.29. The van der Waals surface area contributed by atoms with Gasteiger partial charge in [0.05, 0.1) is 11.4 Å². The number of sulfone groups is 1. The van der Waals surface area contributed by atoms with Gasteiger partial charge >= 0.3 is 0 Å². The van der Waals surface area contributed by atoms with Crippen LogP contribution in [0.4, 0.5) is 0 Å². The first-order valence-electron chi connectivity index (χ1n) is 10.2. The third-order valence-electron chi connectivity index (χ3n) is 5.85. The lowest BCUT2D eigenvalue weighted by molar-refractivity contribution is 0.0636. The van der Waals surface area contributed by atoms with Crippen LogP contribution in [0.1, 0.15) is 33.7 Å². The van der Waals surface area contributed by atoms with Crippen LogP contribution >= 0.6 is 0 Å². The quantitative estimate of drug-likeness (QED) is 0.738. The summed E-state index contributed by atoms with van der Waals surface area (Å²) in [5, 5.41) is 4.73. The minimum atomic E-state index is -2.96. The van der Waals surface area contributed by atoms with E-state index in [1.807, 2.05) is 9.58 Å². The van der Waals surface area contributed by atoms with E-state index in [2.05, 4.69) is 36.1 Å². The van der Waals surface area contributed by atoms with Crippen LogP contribution in [0, 0.1) is 6.92 Å². The van der Waals surface area contributed by atoms with Gasteiger partial charge in [0.15, 0.2) is 5.69 Å². The first-order chi connectivity index (χ1) is 13.8. The molecule has 1 saturated heterocycles. The van der Waals surface area contributed by atoms with Crippen LogP contribution in [0.5, 0.6) is 0 Å². The van der Waals surface area contributed by atoms with Crippen molar-refractivity contribution in [3.63, 3.8) is 0 Å². The van der Waals surface area contributed by atoms with E-state index in [1.54, 1.807) is 0 Å². The van der Waals surface area contributed by atoms with E-state index in [-0.39, 0.29) is 11.7 Å². The molecule has 2 aromatic rings. The molecule has 2 heterocycles. The third kappa shape index (κ3) is 4.38. The van der Waals surface area contributed by atoms with E-state index in [0.717, 1.165) is 36.2 Å². The standard InChI is InChI=1S/C21H28N4O3S/c1-16-6-8-17(9-7-16)25-19-5-3-4-18(19)20(22-25)21(26)24-12-10-23(11-13-24)14-15-29(2,27)28/h6-9H,3-5,10-15H2,1-2H3. The van der Waals surface area contributed by atoms with Crippen LogP contribution in [0.2, 0.25) is 0 Å². The third-order valence-corrected chi connectivity index (χ3v) is 6.77. The van der Waals surface area contributed by atoms with E-state index in [4.69, 9.17) is 5.10 Å². The number of benzene rings is 1. The normalized spacial score (nSPS) is 17.5. The Kier molecular flexibility index (Phi) is 5.48. The average molecular weight is 417 g/mol. The molecular weight excluding hydrogens is 388 g/mol. The smallest absolute Gasteiger partial charge is 0.274 e. The van der Waals surface area contributed by atoms with Gasteiger partial charge in [-0.15, -0.1) is 0 Å². The fraction of sp³-hybridized carbons (Fsp3) is 0.524. The molecule has 0 N–H and O–H groups in total. The number of piperazine rings is 1. The Hall–Kier alpha value is -2.19. The Morgan fingerprint density at radius 3 is 2.41 bits per heavy atom. The fourth-order valence-corrected chi connectivity index (χ4v) is 4.72. The minimum Gasteiger partial charge on any atom is -0.335 e. The SMILES string of the molecule is Cc1ccc(-n2nc(C(=O)N3CCN(CCS(C)(=O)=O)CC3)c3c2CCC3)cc1. The number of aromatic nitrogens is 2. The highest BCUT2D eigenvalue weighted by atomic mass is 32.2. The first-order valence-corrected chi connectivity index (χ1v) is 12.2. The van der Waals surface area contributed by atoms with Crippen LogP contribution < -0.4 is 0 Å². The predicted octanol–water partition coefficient (Wildman–Crippen LogP) is 1.47. The molecule has 0 radical (unpaired) electrons. The van der Waals surface area contributed by atoms with Gasteiger partial charge in [-0.05, 0) is 38.3 Å². The molecule has 7 nitrogen and oxygen atoms in total. The van der Waals surface area contributed by atoms with Gasteiger partial charge in [-0.25, -0.2) is 13.1 Å². The molecule has 0 spiro atoms. The lowest BCUT2D eigenvalue weighted by Crippen LogP contribution is -2.49. The Labute approximate surface area is 172 Å². The molecule has 1 aromatic heterocycles. The number of fused-ring (bicyclic) bond motifs is 1. The van der Waals surface area contributed by atoms with E-state index in [9.17, 15) is 13.2 Å². The van der Waals surface area contributed by atoms with Crippen LogP contribution in [0.25, 0.3) is 5.69 Å². The first kappa shape index (κ1) is 20.1. The molecule has 4 rings (SSSR count). The van der Waals surface area contributed by atoms with Crippen molar-refractivity contribution in [1.82, 2.24) is 19.6 Å². The number of amides is 1. The van der Waals surface area contributed by atoms with Crippen LogP contribution in [-0.2, 0) is 22.7 Å². The second-order valence-electron chi connectivity index (χ2n) is 8.14. The highest BCUT2D eigenvalue weighted by molar-refractivity contribution is 7.90. The zero-order valence-electron chi connectivity index (χ0n) is 17.1. The largest absolute Gasteiger partial charge is 0.335 e. The number of carbonyl (C=O) groups is 1. The van der Waals surface area contributed by atoms with Gasteiger partial charge in [0.25, 0.3) is 5.91 Å². The molecule has 1 fully saturated rings. The molecule has 0 atom stereocenters. The zero-order valence-corrected chi connectivity index (χ0v) is 17.9. The Balaban J connectivity index is 1.49. The van der Waals surface area contributed by atoms with Gasteiger partial charge in [0.1, 0.15) is 9.84 Å².